The molecule has 0 saturated carbocycles. The van der Waals surface area contributed by atoms with Crippen molar-refractivity contribution in [3.05, 3.63) is 175 Å². The van der Waals surface area contributed by atoms with Crippen LogP contribution in [0.15, 0.2) is 168 Å². The normalized spacial score (nSPS) is 13.6. The van der Waals surface area contributed by atoms with Crippen molar-refractivity contribution in [2.24, 2.45) is 0 Å². The summed E-state index contributed by atoms with van der Waals surface area (Å²) in [6.07, 6.45) is 0. The average molecular weight is 676 g/mol. The smallest absolute Gasteiger partial charge is 0.135 e. The van der Waals surface area contributed by atoms with E-state index in [0.717, 1.165) is 16.9 Å². The Morgan fingerprint density at radius 2 is 1.06 bits per heavy atom. The van der Waals surface area contributed by atoms with Crippen LogP contribution in [-0.4, -0.2) is 4.57 Å². The van der Waals surface area contributed by atoms with Crippen LogP contribution in [0.4, 0.5) is 0 Å². The maximum Gasteiger partial charge on any atom is 0.135 e. The van der Waals surface area contributed by atoms with Gasteiger partial charge in [0.25, 0.3) is 0 Å². The molecule has 2 nitrogen and oxygen atoms in total. The molecule has 0 radical (unpaired) electrons. The van der Waals surface area contributed by atoms with E-state index < -0.39 is 0 Å². The van der Waals surface area contributed by atoms with Gasteiger partial charge in [-0.3, -0.25) is 0 Å². The van der Waals surface area contributed by atoms with Crippen LogP contribution in [0.25, 0.3) is 104 Å². The van der Waals surface area contributed by atoms with E-state index in [4.69, 9.17) is 4.42 Å². The molecule has 11 aromatic rings. The van der Waals surface area contributed by atoms with Gasteiger partial charge in [-0.25, -0.2) is 0 Å². The standard InChI is InChI=1S/C51H33NO/c1-51(2)44-29-46-43(28-42(44)39-24-25-48-49(50(39)51)40-19-8-10-21-47(40)53-48)38-18-7-9-20-45(38)52(46)32-13-11-12-30(26-32)31-22-23-37-35-16-4-3-14-33(35)34-15-5-6-17-36(34)41(37)27-31/h3-29H,1-2H3. The van der Waals surface area contributed by atoms with Gasteiger partial charge in [-0.15, -0.1) is 0 Å². The molecular weight excluding hydrogens is 643 g/mol. The predicted octanol–water partition coefficient (Wildman–Crippen LogP) is 14.1. The van der Waals surface area contributed by atoms with Gasteiger partial charge in [-0.05, 0) is 114 Å². The molecule has 0 unspecified atom stereocenters. The fourth-order valence-corrected chi connectivity index (χ4v) is 9.77. The van der Waals surface area contributed by atoms with E-state index in [9.17, 15) is 0 Å². The zero-order valence-electron chi connectivity index (χ0n) is 29.4. The highest BCUT2D eigenvalue weighted by Gasteiger charge is 2.39. The molecule has 0 amide bonds. The fourth-order valence-electron chi connectivity index (χ4n) is 9.77. The van der Waals surface area contributed by atoms with Crippen molar-refractivity contribution in [2.45, 2.75) is 19.3 Å². The minimum absolute atomic E-state index is 0.216. The molecule has 0 bridgehead atoms. The van der Waals surface area contributed by atoms with Gasteiger partial charge in [0, 0.05) is 32.6 Å². The maximum atomic E-state index is 6.37. The first-order chi connectivity index (χ1) is 26.0. The molecular formula is C51H33NO. The number of hydrogen-bond donors (Lipinski definition) is 0. The lowest BCUT2D eigenvalue weighted by Crippen LogP contribution is -2.15. The van der Waals surface area contributed by atoms with Gasteiger partial charge < -0.3 is 8.98 Å². The quantitative estimate of drug-likeness (QED) is 0.167. The van der Waals surface area contributed by atoms with Crippen LogP contribution in [0.2, 0.25) is 0 Å². The van der Waals surface area contributed by atoms with Crippen LogP contribution in [0.5, 0.6) is 0 Å². The van der Waals surface area contributed by atoms with Crippen molar-refractivity contribution in [3.63, 3.8) is 0 Å². The summed E-state index contributed by atoms with van der Waals surface area (Å²) < 4.78 is 8.85. The van der Waals surface area contributed by atoms with Gasteiger partial charge in [0.15, 0.2) is 0 Å². The number of fused-ring (bicyclic) bond motifs is 16. The van der Waals surface area contributed by atoms with Crippen LogP contribution >= 0.6 is 0 Å². The van der Waals surface area contributed by atoms with Crippen molar-refractivity contribution < 1.29 is 4.42 Å². The highest BCUT2D eigenvalue weighted by Crippen LogP contribution is 2.54. The minimum atomic E-state index is -0.216. The highest BCUT2D eigenvalue weighted by atomic mass is 16.3. The van der Waals surface area contributed by atoms with Gasteiger partial charge in [0.2, 0.25) is 0 Å². The summed E-state index contributed by atoms with van der Waals surface area (Å²) in [5.74, 6) is 0. The van der Waals surface area contributed by atoms with Gasteiger partial charge >= 0.3 is 0 Å². The second kappa shape index (κ2) is 10.2. The molecule has 2 aromatic heterocycles. The Hall–Kier alpha value is -6.64. The van der Waals surface area contributed by atoms with Crippen LogP contribution in [-0.2, 0) is 5.41 Å². The number of furan rings is 1. The lowest BCUT2D eigenvalue weighted by atomic mass is 9.80. The molecule has 1 aliphatic carbocycles. The van der Waals surface area contributed by atoms with Crippen molar-refractivity contribution in [3.8, 4) is 27.9 Å². The molecule has 1 aliphatic rings. The molecule has 0 saturated heterocycles. The zero-order valence-corrected chi connectivity index (χ0v) is 29.4. The fraction of sp³-hybridized carbons (Fsp3) is 0.0588. The predicted molar refractivity (Wildman–Crippen MR) is 224 cm³/mol. The van der Waals surface area contributed by atoms with E-state index >= 15 is 0 Å². The number of aromatic nitrogens is 1. The molecule has 9 aromatic carbocycles. The van der Waals surface area contributed by atoms with E-state index in [1.165, 1.54) is 98.3 Å². The maximum absolute atomic E-state index is 6.37. The van der Waals surface area contributed by atoms with E-state index in [1.54, 1.807) is 0 Å². The third-order valence-corrected chi connectivity index (χ3v) is 12.1. The van der Waals surface area contributed by atoms with Crippen LogP contribution < -0.4 is 0 Å². The van der Waals surface area contributed by atoms with Crippen LogP contribution in [0, 0.1) is 0 Å². The summed E-state index contributed by atoms with van der Waals surface area (Å²) in [5, 5.41) is 12.7. The van der Waals surface area contributed by atoms with E-state index in [2.05, 4.69) is 182 Å². The van der Waals surface area contributed by atoms with E-state index in [-0.39, 0.29) is 5.41 Å². The second-order valence-corrected chi connectivity index (χ2v) is 15.3. The van der Waals surface area contributed by atoms with E-state index in [0.29, 0.717) is 0 Å². The summed E-state index contributed by atoms with van der Waals surface area (Å²) >= 11 is 0. The molecule has 2 heteroatoms. The minimum Gasteiger partial charge on any atom is -0.456 e. The first kappa shape index (κ1) is 29.0. The first-order valence-electron chi connectivity index (χ1n) is 18.5. The Bertz CT molecular complexity index is 3340. The van der Waals surface area contributed by atoms with Crippen molar-refractivity contribution in [2.75, 3.05) is 0 Å². The van der Waals surface area contributed by atoms with Crippen LogP contribution in [0.1, 0.15) is 25.0 Å². The largest absolute Gasteiger partial charge is 0.456 e. The summed E-state index contributed by atoms with van der Waals surface area (Å²) in [7, 11) is 0. The summed E-state index contributed by atoms with van der Waals surface area (Å²) in [6, 6.07) is 60.4. The number of hydrogen-bond acceptors (Lipinski definition) is 1. The lowest BCUT2D eigenvalue weighted by molar-refractivity contribution is 0.657. The number of nitrogens with zero attached hydrogens (tertiary/aromatic N) is 1. The van der Waals surface area contributed by atoms with Crippen molar-refractivity contribution in [1.29, 1.82) is 0 Å². The average Bonchev–Trinajstić information content (AvgIpc) is 3.82. The molecule has 12 rings (SSSR count). The Labute approximate surface area is 306 Å². The Balaban J connectivity index is 1.08. The number of benzene rings is 9. The topological polar surface area (TPSA) is 18.1 Å². The Kier molecular flexibility index (Phi) is 5.60. The number of rotatable bonds is 2. The van der Waals surface area contributed by atoms with Gasteiger partial charge in [-0.1, -0.05) is 129 Å². The third-order valence-electron chi connectivity index (χ3n) is 12.1. The van der Waals surface area contributed by atoms with E-state index in [1.807, 2.05) is 0 Å². The summed E-state index contributed by atoms with van der Waals surface area (Å²) in [5.41, 5.74) is 13.0. The number of para-hydroxylation sites is 2. The van der Waals surface area contributed by atoms with Crippen molar-refractivity contribution in [1.82, 2.24) is 4.57 Å². The highest BCUT2D eigenvalue weighted by molar-refractivity contribution is 6.26. The van der Waals surface area contributed by atoms with Gasteiger partial charge in [-0.2, -0.15) is 0 Å². The molecule has 0 fully saturated rings. The molecule has 0 atom stereocenters. The molecule has 0 aliphatic heterocycles. The SMILES string of the molecule is CC1(C)c2cc3c(cc2-c2ccc4oc5ccccc5c4c21)c1ccccc1n3-c1cccc(-c2ccc3c4ccccc4c4ccccc4c3c2)c1. The Morgan fingerprint density at radius 3 is 1.83 bits per heavy atom. The monoisotopic (exact) mass is 675 g/mol. The molecule has 2 heterocycles. The third kappa shape index (κ3) is 3.82. The first-order valence-corrected chi connectivity index (χ1v) is 18.5. The molecule has 53 heavy (non-hydrogen) atoms. The lowest BCUT2D eigenvalue weighted by Gasteiger charge is -2.22. The summed E-state index contributed by atoms with van der Waals surface area (Å²) in [6.45, 7) is 4.76. The van der Waals surface area contributed by atoms with Crippen LogP contribution in [0.3, 0.4) is 0 Å². The zero-order chi connectivity index (χ0) is 35.0. The van der Waals surface area contributed by atoms with Crippen molar-refractivity contribution >= 4 is 76.1 Å². The van der Waals surface area contributed by atoms with Gasteiger partial charge in [0.1, 0.15) is 11.2 Å². The second-order valence-electron chi connectivity index (χ2n) is 15.3. The van der Waals surface area contributed by atoms with Gasteiger partial charge in [0.05, 0.1) is 11.0 Å². The molecule has 0 N–H and O–H groups in total. The summed E-state index contributed by atoms with van der Waals surface area (Å²) in [4.78, 5) is 0. The Morgan fingerprint density at radius 1 is 0.415 bits per heavy atom. The molecule has 248 valence electrons. The molecule has 0 spiro atoms.